The Labute approximate surface area is 175 Å². The Balaban J connectivity index is 1.50. The van der Waals surface area contributed by atoms with E-state index in [-0.39, 0.29) is 11.5 Å². The van der Waals surface area contributed by atoms with E-state index in [4.69, 9.17) is 0 Å². The summed E-state index contributed by atoms with van der Waals surface area (Å²) in [5.41, 5.74) is 1.61. The van der Waals surface area contributed by atoms with Gasteiger partial charge in [-0.1, -0.05) is 6.07 Å². The molecule has 4 rings (SSSR count). The molecule has 7 nitrogen and oxygen atoms in total. The lowest BCUT2D eigenvalue weighted by Crippen LogP contribution is -2.21. The van der Waals surface area contributed by atoms with Gasteiger partial charge in [0.15, 0.2) is 0 Å². The van der Waals surface area contributed by atoms with Gasteiger partial charge in [0.1, 0.15) is 10.5 Å². The number of nitrogens with one attached hydrogen (secondary N) is 1. The Bertz CT molecular complexity index is 1240. The highest BCUT2D eigenvalue weighted by Gasteiger charge is 2.16. The smallest absolute Gasteiger partial charge is 0.272 e. The van der Waals surface area contributed by atoms with Crippen molar-refractivity contribution in [3.8, 4) is 0 Å². The lowest BCUT2D eigenvalue weighted by molar-refractivity contribution is -0.116. The molecule has 9 heteroatoms. The second-order valence-corrected chi connectivity index (χ2v) is 8.37. The Morgan fingerprint density at radius 1 is 1.28 bits per heavy atom. The number of carbonyl (C=O) groups excluding carboxylic acids is 1. The van der Waals surface area contributed by atoms with Gasteiger partial charge in [-0.15, -0.1) is 33.3 Å². The first-order valence-corrected chi connectivity index (χ1v) is 11.5. The van der Waals surface area contributed by atoms with E-state index in [0.717, 1.165) is 21.9 Å². The molecule has 0 saturated heterocycles. The molecule has 0 saturated carbocycles. The van der Waals surface area contributed by atoms with Gasteiger partial charge in [-0.25, -0.2) is 0 Å². The van der Waals surface area contributed by atoms with Gasteiger partial charge in [-0.2, -0.15) is 0 Å². The summed E-state index contributed by atoms with van der Waals surface area (Å²) in [7, 11) is 0. The molecule has 150 valence electrons. The minimum atomic E-state index is -0.0317. The van der Waals surface area contributed by atoms with Gasteiger partial charge in [-0.05, 0) is 49.2 Å². The summed E-state index contributed by atoms with van der Waals surface area (Å²) in [6.45, 7) is 2.46. The zero-order valence-electron chi connectivity index (χ0n) is 16.2. The number of rotatable bonds is 7. The standard InChI is InChI=1S/C20H21N5O2S2/c1-3-24-19(27)18-15(10-11-29-18)25-16(22-23-20(24)25)8-5-9-17(26)21-13-6-4-7-14(12-13)28-2/h4,6-7,10-12H,3,5,8-9H2,1-2H3,(H,21,26). The van der Waals surface area contributed by atoms with Crippen molar-refractivity contribution in [2.24, 2.45) is 0 Å². The number of benzene rings is 1. The number of carbonyl (C=O) groups is 1. The molecular formula is C20H21N5O2S2. The summed E-state index contributed by atoms with van der Waals surface area (Å²) in [6, 6.07) is 9.72. The fourth-order valence-electron chi connectivity index (χ4n) is 3.36. The zero-order valence-corrected chi connectivity index (χ0v) is 17.8. The first-order chi connectivity index (χ1) is 14.1. The molecule has 0 aliphatic carbocycles. The lowest BCUT2D eigenvalue weighted by Gasteiger charge is -2.08. The molecule has 0 atom stereocenters. The van der Waals surface area contributed by atoms with E-state index in [1.807, 2.05) is 53.3 Å². The number of thiophene rings is 1. The molecular weight excluding hydrogens is 406 g/mol. The van der Waals surface area contributed by atoms with Crippen molar-refractivity contribution in [3.05, 3.63) is 51.9 Å². The number of nitrogens with zero attached hydrogens (tertiary/aromatic N) is 4. The van der Waals surface area contributed by atoms with Crippen LogP contribution in [0.25, 0.3) is 16.0 Å². The summed E-state index contributed by atoms with van der Waals surface area (Å²) in [6.07, 6.45) is 3.64. The molecule has 0 fully saturated rings. The molecule has 0 spiro atoms. The maximum atomic E-state index is 12.6. The van der Waals surface area contributed by atoms with Crippen LogP contribution in [0.5, 0.6) is 0 Å². The molecule has 3 heterocycles. The molecule has 0 aliphatic rings. The maximum Gasteiger partial charge on any atom is 0.272 e. The molecule has 1 amide bonds. The van der Waals surface area contributed by atoms with E-state index in [1.165, 1.54) is 11.3 Å². The second-order valence-electron chi connectivity index (χ2n) is 6.57. The van der Waals surface area contributed by atoms with Gasteiger partial charge in [0, 0.05) is 30.0 Å². The van der Waals surface area contributed by atoms with Crippen molar-refractivity contribution in [1.29, 1.82) is 0 Å². The van der Waals surface area contributed by atoms with Crippen LogP contribution in [0, 0.1) is 0 Å². The number of anilines is 1. The third kappa shape index (κ3) is 3.79. The first-order valence-electron chi connectivity index (χ1n) is 9.40. The van der Waals surface area contributed by atoms with Crippen LogP contribution < -0.4 is 10.9 Å². The fourth-order valence-corrected chi connectivity index (χ4v) is 4.64. The number of fused-ring (bicyclic) bond motifs is 3. The Kier molecular flexibility index (Phi) is 5.68. The monoisotopic (exact) mass is 427 g/mol. The normalized spacial score (nSPS) is 11.4. The van der Waals surface area contributed by atoms with Gasteiger partial charge in [0.05, 0.1) is 5.52 Å². The van der Waals surface area contributed by atoms with E-state index in [2.05, 4.69) is 15.5 Å². The molecule has 0 unspecified atom stereocenters. The summed E-state index contributed by atoms with van der Waals surface area (Å²) < 4.78 is 4.28. The average molecular weight is 428 g/mol. The van der Waals surface area contributed by atoms with Crippen molar-refractivity contribution in [3.63, 3.8) is 0 Å². The van der Waals surface area contributed by atoms with Gasteiger partial charge in [-0.3, -0.25) is 18.6 Å². The minimum absolute atomic E-state index is 0.0248. The maximum absolute atomic E-state index is 12.6. The summed E-state index contributed by atoms with van der Waals surface area (Å²) >= 11 is 3.07. The van der Waals surface area contributed by atoms with Crippen molar-refractivity contribution >= 4 is 50.7 Å². The van der Waals surface area contributed by atoms with E-state index in [1.54, 1.807) is 16.3 Å². The predicted octanol–water partition coefficient (Wildman–Crippen LogP) is 3.81. The number of amides is 1. The van der Waals surface area contributed by atoms with Crippen LogP contribution in [0.4, 0.5) is 5.69 Å². The van der Waals surface area contributed by atoms with E-state index in [9.17, 15) is 9.59 Å². The van der Waals surface area contributed by atoms with Gasteiger partial charge >= 0.3 is 0 Å². The third-order valence-corrected chi connectivity index (χ3v) is 6.37. The molecule has 29 heavy (non-hydrogen) atoms. The summed E-state index contributed by atoms with van der Waals surface area (Å²) in [5.74, 6) is 1.29. The highest BCUT2D eigenvalue weighted by atomic mass is 32.2. The van der Waals surface area contributed by atoms with Crippen molar-refractivity contribution in [2.75, 3.05) is 11.6 Å². The number of aryl methyl sites for hydroxylation is 2. The number of thioether (sulfide) groups is 1. The topological polar surface area (TPSA) is 81.3 Å². The molecule has 3 aromatic heterocycles. The van der Waals surface area contributed by atoms with Crippen LogP contribution in [0.1, 0.15) is 25.6 Å². The van der Waals surface area contributed by atoms with E-state index in [0.29, 0.717) is 36.3 Å². The van der Waals surface area contributed by atoms with E-state index >= 15 is 0 Å². The zero-order chi connectivity index (χ0) is 20.4. The second kappa shape index (κ2) is 8.38. The molecule has 0 bridgehead atoms. The van der Waals surface area contributed by atoms with Crippen LogP contribution in [-0.4, -0.2) is 31.3 Å². The predicted molar refractivity (Wildman–Crippen MR) is 118 cm³/mol. The van der Waals surface area contributed by atoms with Crippen molar-refractivity contribution in [1.82, 2.24) is 19.2 Å². The van der Waals surface area contributed by atoms with Crippen LogP contribution in [0.2, 0.25) is 0 Å². The third-order valence-electron chi connectivity index (χ3n) is 4.75. The summed E-state index contributed by atoms with van der Waals surface area (Å²) in [5, 5.41) is 13.4. The quantitative estimate of drug-likeness (QED) is 0.454. The first kappa shape index (κ1) is 19.7. The van der Waals surface area contributed by atoms with Gasteiger partial charge in [0.25, 0.3) is 5.56 Å². The molecule has 0 aliphatic heterocycles. The van der Waals surface area contributed by atoms with Crippen LogP contribution in [0.3, 0.4) is 0 Å². The number of aromatic nitrogens is 4. The largest absolute Gasteiger partial charge is 0.326 e. The highest BCUT2D eigenvalue weighted by Crippen LogP contribution is 2.21. The minimum Gasteiger partial charge on any atom is -0.326 e. The van der Waals surface area contributed by atoms with Crippen molar-refractivity contribution < 1.29 is 4.79 Å². The van der Waals surface area contributed by atoms with Crippen LogP contribution in [0.15, 0.2) is 45.4 Å². The van der Waals surface area contributed by atoms with E-state index < -0.39 is 0 Å². The number of hydrogen-bond donors (Lipinski definition) is 1. The van der Waals surface area contributed by atoms with Gasteiger partial charge in [0.2, 0.25) is 11.7 Å². The Morgan fingerprint density at radius 3 is 2.93 bits per heavy atom. The SMILES string of the molecule is CCn1c(=O)c2sccc2n2c(CCCC(=O)Nc3cccc(SC)c3)nnc12. The highest BCUT2D eigenvalue weighted by molar-refractivity contribution is 7.98. The Hall–Kier alpha value is -2.65. The van der Waals surface area contributed by atoms with Crippen LogP contribution in [-0.2, 0) is 17.8 Å². The fraction of sp³-hybridized carbons (Fsp3) is 0.300. The molecule has 1 N–H and O–H groups in total. The molecule has 4 aromatic rings. The average Bonchev–Trinajstić information content (AvgIpc) is 3.36. The Morgan fingerprint density at radius 2 is 2.14 bits per heavy atom. The molecule has 1 aromatic carbocycles. The van der Waals surface area contributed by atoms with Crippen LogP contribution >= 0.6 is 23.1 Å². The van der Waals surface area contributed by atoms with Gasteiger partial charge < -0.3 is 5.32 Å². The lowest BCUT2D eigenvalue weighted by atomic mass is 10.2. The number of hydrogen-bond acceptors (Lipinski definition) is 6. The molecule has 0 radical (unpaired) electrons. The van der Waals surface area contributed by atoms with Crippen molar-refractivity contribution in [2.45, 2.75) is 37.6 Å². The summed E-state index contributed by atoms with van der Waals surface area (Å²) in [4.78, 5) is 26.0.